The van der Waals surface area contributed by atoms with E-state index in [1.165, 1.54) is 0 Å². The fraction of sp³-hybridized carbons (Fsp3) is 0.545. The monoisotopic (exact) mass is 208 g/mol. The fourth-order valence-electron chi connectivity index (χ4n) is 1.59. The van der Waals surface area contributed by atoms with Crippen molar-refractivity contribution in [2.75, 3.05) is 18.0 Å². The number of aromatic nitrogens is 1. The average Bonchev–Trinajstić information content (AvgIpc) is 2.13. The summed E-state index contributed by atoms with van der Waals surface area (Å²) in [6, 6.07) is 3.77. The van der Waals surface area contributed by atoms with E-state index in [1.807, 2.05) is 30.9 Å². The number of hydrogen-bond donors (Lipinski definition) is 1. The summed E-state index contributed by atoms with van der Waals surface area (Å²) in [4.78, 5) is 6.29. The van der Waals surface area contributed by atoms with Gasteiger partial charge in [-0.05, 0) is 26.0 Å². The van der Waals surface area contributed by atoms with Crippen LogP contribution in [0.3, 0.4) is 0 Å². The molecule has 0 aromatic carbocycles. The minimum atomic E-state index is -0.223. The van der Waals surface area contributed by atoms with E-state index in [0.29, 0.717) is 13.1 Å². The number of aliphatic hydroxyl groups excluding tert-OH is 1. The molecule has 0 bridgehead atoms. The summed E-state index contributed by atoms with van der Waals surface area (Å²) >= 11 is 0. The largest absolute Gasteiger partial charge is 0.487 e. The lowest BCUT2D eigenvalue weighted by Crippen LogP contribution is -2.51. The SMILES string of the molecule is CC(C)Oc1cccnc1N1CC(O)C1. The summed E-state index contributed by atoms with van der Waals surface area (Å²) in [5, 5.41) is 9.24. The van der Waals surface area contributed by atoms with E-state index in [9.17, 15) is 5.11 Å². The van der Waals surface area contributed by atoms with Crippen LogP contribution in [-0.4, -0.2) is 35.4 Å². The van der Waals surface area contributed by atoms with Crippen molar-refractivity contribution >= 4 is 5.82 Å². The Labute approximate surface area is 89.5 Å². The molecule has 0 atom stereocenters. The molecule has 2 heterocycles. The Hall–Kier alpha value is -1.29. The number of aliphatic hydroxyl groups is 1. The molecule has 82 valence electrons. The fourth-order valence-corrected chi connectivity index (χ4v) is 1.59. The lowest BCUT2D eigenvalue weighted by molar-refractivity contribution is 0.140. The molecule has 0 aliphatic carbocycles. The minimum absolute atomic E-state index is 0.138. The highest BCUT2D eigenvalue weighted by atomic mass is 16.5. The van der Waals surface area contributed by atoms with E-state index in [2.05, 4.69) is 4.98 Å². The lowest BCUT2D eigenvalue weighted by Gasteiger charge is -2.37. The molecule has 0 saturated carbocycles. The van der Waals surface area contributed by atoms with Gasteiger partial charge in [0.25, 0.3) is 0 Å². The van der Waals surface area contributed by atoms with Gasteiger partial charge in [-0.3, -0.25) is 0 Å². The van der Waals surface area contributed by atoms with E-state index in [-0.39, 0.29) is 12.2 Å². The van der Waals surface area contributed by atoms with Crippen LogP contribution in [0.2, 0.25) is 0 Å². The van der Waals surface area contributed by atoms with Crippen molar-refractivity contribution in [2.45, 2.75) is 26.1 Å². The molecule has 2 rings (SSSR count). The van der Waals surface area contributed by atoms with E-state index >= 15 is 0 Å². The molecule has 1 aliphatic heterocycles. The van der Waals surface area contributed by atoms with Crippen molar-refractivity contribution in [2.24, 2.45) is 0 Å². The maximum atomic E-state index is 9.24. The number of β-amino-alcohol motifs (C(OH)–C–C–N with tert-alkyl or cyclic N) is 1. The Morgan fingerprint density at radius 3 is 2.87 bits per heavy atom. The molecule has 0 spiro atoms. The van der Waals surface area contributed by atoms with E-state index in [4.69, 9.17) is 4.74 Å². The molecule has 1 aromatic heterocycles. The molecule has 15 heavy (non-hydrogen) atoms. The first-order valence-corrected chi connectivity index (χ1v) is 5.21. The van der Waals surface area contributed by atoms with Crippen molar-refractivity contribution in [3.05, 3.63) is 18.3 Å². The second-order valence-corrected chi connectivity index (χ2v) is 4.05. The molecule has 1 saturated heterocycles. The predicted octanol–water partition coefficient (Wildman–Crippen LogP) is 1.05. The Morgan fingerprint density at radius 1 is 1.53 bits per heavy atom. The van der Waals surface area contributed by atoms with Crippen LogP contribution in [0, 0.1) is 0 Å². The highest BCUT2D eigenvalue weighted by molar-refractivity contribution is 5.54. The Kier molecular flexibility index (Phi) is 2.77. The van der Waals surface area contributed by atoms with Crippen molar-refractivity contribution in [1.82, 2.24) is 4.98 Å². The molecular formula is C11H16N2O2. The van der Waals surface area contributed by atoms with E-state index in [0.717, 1.165) is 11.6 Å². The van der Waals surface area contributed by atoms with Gasteiger partial charge in [0.05, 0.1) is 12.2 Å². The van der Waals surface area contributed by atoms with Crippen LogP contribution in [0.4, 0.5) is 5.82 Å². The number of anilines is 1. The molecule has 4 heteroatoms. The number of pyridine rings is 1. The quantitative estimate of drug-likeness (QED) is 0.806. The molecule has 0 amide bonds. The maximum Gasteiger partial charge on any atom is 0.171 e. The van der Waals surface area contributed by atoms with Gasteiger partial charge >= 0.3 is 0 Å². The van der Waals surface area contributed by atoms with Gasteiger partial charge in [-0.2, -0.15) is 0 Å². The third-order valence-corrected chi connectivity index (χ3v) is 2.28. The van der Waals surface area contributed by atoms with Gasteiger partial charge in [0, 0.05) is 19.3 Å². The van der Waals surface area contributed by atoms with Gasteiger partial charge in [-0.15, -0.1) is 0 Å². The third kappa shape index (κ3) is 2.21. The first kappa shape index (κ1) is 10.2. The van der Waals surface area contributed by atoms with Crippen molar-refractivity contribution in [1.29, 1.82) is 0 Å². The summed E-state index contributed by atoms with van der Waals surface area (Å²) in [6.07, 6.45) is 1.66. The van der Waals surface area contributed by atoms with Gasteiger partial charge in [0.1, 0.15) is 0 Å². The van der Waals surface area contributed by atoms with E-state index in [1.54, 1.807) is 6.20 Å². The zero-order chi connectivity index (χ0) is 10.8. The second kappa shape index (κ2) is 4.06. The van der Waals surface area contributed by atoms with Crippen molar-refractivity contribution in [3.8, 4) is 5.75 Å². The topological polar surface area (TPSA) is 45.6 Å². The van der Waals surface area contributed by atoms with Crippen LogP contribution in [0.25, 0.3) is 0 Å². The zero-order valence-corrected chi connectivity index (χ0v) is 9.05. The molecule has 1 aromatic rings. The summed E-state index contributed by atoms with van der Waals surface area (Å²) in [6.45, 7) is 5.26. The van der Waals surface area contributed by atoms with Crippen LogP contribution in [0.1, 0.15) is 13.8 Å². The molecule has 1 N–H and O–H groups in total. The molecule has 0 unspecified atom stereocenters. The molecule has 1 fully saturated rings. The zero-order valence-electron chi connectivity index (χ0n) is 9.05. The van der Waals surface area contributed by atoms with Crippen molar-refractivity contribution in [3.63, 3.8) is 0 Å². The van der Waals surface area contributed by atoms with Gasteiger partial charge in [-0.25, -0.2) is 4.98 Å². The highest BCUT2D eigenvalue weighted by Crippen LogP contribution is 2.29. The normalized spacial score (nSPS) is 16.7. The van der Waals surface area contributed by atoms with Crippen molar-refractivity contribution < 1.29 is 9.84 Å². The number of rotatable bonds is 3. The van der Waals surface area contributed by atoms with E-state index < -0.39 is 0 Å². The summed E-state index contributed by atoms with van der Waals surface area (Å²) in [5.74, 6) is 1.62. The van der Waals surface area contributed by atoms with Gasteiger partial charge in [0.2, 0.25) is 0 Å². The first-order chi connectivity index (χ1) is 7.16. The maximum absolute atomic E-state index is 9.24. The Balaban J connectivity index is 2.15. The average molecular weight is 208 g/mol. The predicted molar refractivity (Wildman–Crippen MR) is 58.2 cm³/mol. The molecule has 4 nitrogen and oxygen atoms in total. The summed E-state index contributed by atoms with van der Waals surface area (Å²) in [5.41, 5.74) is 0. The standard InChI is InChI=1S/C11H16N2O2/c1-8(2)15-10-4-3-5-12-11(10)13-6-9(14)7-13/h3-5,8-9,14H,6-7H2,1-2H3. The molecule has 1 aliphatic rings. The Bertz CT molecular complexity index is 335. The van der Waals surface area contributed by atoms with Crippen LogP contribution in [0.5, 0.6) is 5.75 Å². The summed E-state index contributed by atoms with van der Waals surface area (Å²) in [7, 11) is 0. The van der Waals surface area contributed by atoms with Gasteiger partial charge < -0.3 is 14.7 Å². The minimum Gasteiger partial charge on any atom is -0.487 e. The van der Waals surface area contributed by atoms with Crippen LogP contribution >= 0.6 is 0 Å². The number of nitrogens with zero attached hydrogens (tertiary/aromatic N) is 2. The van der Waals surface area contributed by atoms with Crippen LogP contribution < -0.4 is 9.64 Å². The summed E-state index contributed by atoms with van der Waals surface area (Å²) < 4.78 is 5.65. The second-order valence-electron chi connectivity index (χ2n) is 4.05. The van der Waals surface area contributed by atoms with Crippen LogP contribution in [-0.2, 0) is 0 Å². The molecular weight excluding hydrogens is 192 g/mol. The van der Waals surface area contributed by atoms with Crippen LogP contribution in [0.15, 0.2) is 18.3 Å². The number of ether oxygens (including phenoxy) is 1. The molecule has 0 radical (unpaired) electrons. The Morgan fingerprint density at radius 2 is 2.27 bits per heavy atom. The highest BCUT2D eigenvalue weighted by Gasteiger charge is 2.27. The third-order valence-electron chi connectivity index (χ3n) is 2.28. The smallest absolute Gasteiger partial charge is 0.171 e. The van der Waals surface area contributed by atoms with Gasteiger partial charge in [0.15, 0.2) is 11.6 Å². The number of hydrogen-bond acceptors (Lipinski definition) is 4. The van der Waals surface area contributed by atoms with Gasteiger partial charge in [-0.1, -0.05) is 0 Å². The first-order valence-electron chi connectivity index (χ1n) is 5.21. The lowest BCUT2D eigenvalue weighted by atomic mass is 10.1.